The second-order valence-electron chi connectivity index (χ2n) is 4.77. The predicted molar refractivity (Wildman–Crippen MR) is 70.0 cm³/mol. The summed E-state index contributed by atoms with van der Waals surface area (Å²) in [4.78, 5) is 0. The van der Waals surface area contributed by atoms with Crippen molar-refractivity contribution in [1.29, 1.82) is 0 Å². The Balaban J connectivity index is 2.02. The minimum atomic E-state index is 0.688. The molecule has 88 valence electrons. The molecule has 2 unspecified atom stereocenters. The molecule has 2 atom stereocenters. The number of benzene rings is 1. The number of rotatable bonds is 3. The maximum absolute atomic E-state index is 6.02. The zero-order valence-electron chi connectivity index (χ0n) is 9.88. The van der Waals surface area contributed by atoms with Crippen molar-refractivity contribution in [3.63, 3.8) is 0 Å². The van der Waals surface area contributed by atoms with Gasteiger partial charge in [0.15, 0.2) is 0 Å². The van der Waals surface area contributed by atoms with Gasteiger partial charge < -0.3 is 5.32 Å². The van der Waals surface area contributed by atoms with E-state index in [1.54, 1.807) is 0 Å². The first kappa shape index (κ1) is 11.9. The lowest BCUT2D eigenvalue weighted by Crippen LogP contribution is -2.37. The Labute approximate surface area is 103 Å². The Morgan fingerprint density at radius 1 is 1.31 bits per heavy atom. The molecule has 0 amide bonds. The summed E-state index contributed by atoms with van der Waals surface area (Å²) in [5, 5.41) is 4.31. The molecule has 1 nitrogen and oxygen atoms in total. The summed E-state index contributed by atoms with van der Waals surface area (Å²) >= 11 is 6.02. The fraction of sp³-hybridized carbons (Fsp3) is 0.571. The van der Waals surface area contributed by atoms with Crippen LogP contribution in [0, 0.1) is 5.92 Å². The van der Waals surface area contributed by atoms with Crippen LogP contribution in [0.15, 0.2) is 24.3 Å². The van der Waals surface area contributed by atoms with Gasteiger partial charge in [0.2, 0.25) is 0 Å². The molecule has 16 heavy (non-hydrogen) atoms. The molecular formula is C14H20ClN. The molecule has 2 heteroatoms. The molecule has 0 aliphatic heterocycles. The minimum absolute atomic E-state index is 0.688. The standard InChI is InChI=1S/C14H20ClN/c1-16-14-8-3-2-6-12(14)9-11-5-4-7-13(15)10-11/h4-5,7,10,12,14,16H,2-3,6,8-9H2,1H3. The van der Waals surface area contributed by atoms with E-state index >= 15 is 0 Å². The Hall–Kier alpha value is -0.530. The second kappa shape index (κ2) is 5.70. The maximum Gasteiger partial charge on any atom is 0.0408 e. The molecular weight excluding hydrogens is 218 g/mol. The van der Waals surface area contributed by atoms with E-state index in [-0.39, 0.29) is 0 Å². The molecule has 1 N–H and O–H groups in total. The van der Waals surface area contributed by atoms with Crippen LogP contribution in [0.4, 0.5) is 0 Å². The molecule has 0 radical (unpaired) electrons. The number of hydrogen-bond donors (Lipinski definition) is 1. The first-order chi connectivity index (χ1) is 7.79. The molecule has 0 saturated heterocycles. The summed E-state index contributed by atoms with van der Waals surface area (Å²) < 4.78 is 0. The topological polar surface area (TPSA) is 12.0 Å². The number of hydrogen-bond acceptors (Lipinski definition) is 1. The largest absolute Gasteiger partial charge is 0.317 e. The third-order valence-electron chi connectivity index (χ3n) is 3.67. The third kappa shape index (κ3) is 2.99. The highest BCUT2D eigenvalue weighted by molar-refractivity contribution is 6.30. The summed E-state index contributed by atoms with van der Waals surface area (Å²) in [6.07, 6.45) is 6.58. The Morgan fingerprint density at radius 2 is 2.12 bits per heavy atom. The van der Waals surface area contributed by atoms with Crippen molar-refractivity contribution in [3.8, 4) is 0 Å². The lowest BCUT2D eigenvalue weighted by molar-refractivity contribution is 0.273. The number of halogens is 1. The van der Waals surface area contributed by atoms with E-state index < -0.39 is 0 Å². The zero-order chi connectivity index (χ0) is 11.4. The van der Waals surface area contributed by atoms with Crippen LogP contribution >= 0.6 is 11.6 Å². The van der Waals surface area contributed by atoms with Crippen LogP contribution in [-0.2, 0) is 6.42 Å². The first-order valence-electron chi connectivity index (χ1n) is 6.21. The summed E-state index contributed by atoms with van der Waals surface area (Å²) in [5.74, 6) is 0.775. The normalized spacial score (nSPS) is 25.6. The molecule has 0 bridgehead atoms. The molecule has 1 saturated carbocycles. The summed E-state index contributed by atoms with van der Waals surface area (Å²) in [6.45, 7) is 0. The van der Waals surface area contributed by atoms with Crippen molar-refractivity contribution in [2.75, 3.05) is 7.05 Å². The highest BCUT2D eigenvalue weighted by Gasteiger charge is 2.23. The maximum atomic E-state index is 6.02. The van der Waals surface area contributed by atoms with Gasteiger partial charge in [0.25, 0.3) is 0 Å². The van der Waals surface area contributed by atoms with Crippen LogP contribution in [0.2, 0.25) is 5.02 Å². The van der Waals surface area contributed by atoms with E-state index in [0.29, 0.717) is 6.04 Å². The monoisotopic (exact) mass is 237 g/mol. The van der Waals surface area contributed by atoms with Crippen LogP contribution in [0.1, 0.15) is 31.2 Å². The van der Waals surface area contributed by atoms with Crippen molar-refractivity contribution in [2.45, 2.75) is 38.1 Å². The molecule has 1 aliphatic carbocycles. The van der Waals surface area contributed by atoms with Gasteiger partial charge in [-0.15, -0.1) is 0 Å². The predicted octanol–water partition coefficient (Wildman–Crippen LogP) is 3.66. The van der Waals surface area contributed by atoms with E-state index in [9.17, 15) is 0 Å². The fourth-order valence-corrected chi connectivity index (χ4v) is 3.01. The highest BCUT2D eigenvalue weighted by Crippen LogP contribution is 2.27. The Morgan fingerprint density at radius 3 is 2.88 bits per heavy atom. The van der Waals surface area contributed by atoms with Gasteiger partial charge in [0, 0.05) is 11.1 Å². The zero-order valence-corrected chi connectivity index (χ0v) is 10.6. The lowest BCUT2D eigenvalue weighted by atomic mass is 9.81. The summed E-state index contributed by atoms with van der Waals surface area (Å²) in [6, 6.07) is 8.97. The van der Waals surface area contributed by atoms with Crippen molar-refractivity contribution in [1.82, 2.24) is 5.32 Å². The van der Waals surface area contributed by atoms with Crippen LogP contribution in [0.5, 0.6) is 0 Å². The smallest absolute Gasteiger partial charge is 0.0408 e. The van der Waals surface area contributed by atoms with Gasteiger partial charge in [-0.1, -0.05) is 36.6 Å². The Kier molecular flexibility index (Phi) is 4.25. The van der Waals surface area contributed by atoms with Crippen LogP contribution in [0.3, 0.4) is 0 Å². The molecule has 0 spiro atoms. The van der Waals surface area contributed by atoms with Crippen LogP contribution in [-0.4, -0.2) is 13.1 Å². The van der Waals surface area contributed by atoms with Crippen molar-refractivity contribution in [2.24, 2.45) is 5.92 Å². The van der Waals surface area contributed by atoms with Gasteiger partial charge >= 0.3 is 0 Å². The van der Waals surface area contributed by atoms with E-state index in [0.717, 1.165) is 17.4 Å². The molecule has 0 heterocycles. The van der Waals surface area contributed by atoms with Gasteiger partial charge in [-0.25, -0.2) is 0 Å². The lowest BCUT2D eigenvalue weighted by Gasteiger charge is -2.31. The molecule has 1 aromatic carbocycles. The average molecular weight is 238 g/mol. The molecule has 1 aromatic rings. The van der Waals surface area contributed by atoms with Crippen molar-refractivity contribution < 1.29 is 0 Å². The van der Waals surface area contributed by atoms with Crippen LogP contribution in [0.25, 0.3) is 0 Å². The van der Waals surface area contributed by atoms with E-state index in [1.165, 1.54) is 31.2 Å². The fourth-order valence-electron chi connectivity index (χ4n) is 2.80. The Bertz CT molecular complexity index is 337. The van der Waals surface area contributed by atoms with E-state index in [1.807, 2.05) is 6.07 Å². The van der Waals surface area contributed by atoms with Crippen molar-refractivity contribution in [3.05, 3.63) is 34.9 Å². The summed E-state index contributed by atoms with van der Waals surface area (Å²) in [5.41, 5.74) is 1.37. The highest BCUT2D eigenvalue weighted by atomic mass is 35.5. The minimum Gasteiger partial charge on any atom is -0.317 e. The van der Waals surface area contributed by atoms with Gasteiger partial charge in [-0.3, -0.25) is 0 Å². The second-order valence-corrected chi connectivity index (χ2v) is 5.21. The van der Waals surface area contributed by atoms with Gasteiger partial charge in [-0.2, -0.15) is 0 Å². The molecule has 2 rings (SSSR count). The first-order valence-corrected chi connectivity index (χ1v) is 6.59. The molecule has 1 aliphatic rings. The number of nitrogens with one attached hydrogen (secondary N) is 1. The van der Waals surface area contributed by atoms with Crippen LogP contribution < -0.4 is 5.32 Å². The van der Waals surface area contributed by atoms with Gasteiger partial charge in [0.05, 0.1) is 0 Å². The molecule has 0 aromatic heterocycles. The van der Waals surface area contributed by atoms with Gasteiger partial charge in [0.1, 0.15) is 0 Å². The van der Waals surface area contributed by atoms with E-state index in [2.05, 4.69) is 30.6 Å². The van der Waals surface area contributed by atoms with E-state index in [4.69, 9.17) is 11.6 Å². The summed E-state index contributed by atoms with van der Waals surface area (Å²) in [7, 11) is 2.08. The SMILES string of the molecule is CNC1CCCCC1Cc1cccc(Cl)c1. The van der Waals surface area contributed by atoms with Gasteiger partial charge in [-0.05, 0) is 49.9 Å². The quantitative estimate of drug-likeness (QED) is 0.846. The third-order valence-corrected chi connectivity index (χ3v) is 3.90. The van der Waals surface area contributed by atoms with Crippen molar-refractivity contribution >= 4 is 11.6 Å². The average Bonchev–Trinajstić information content (AvgIpc) is 2.30. The molecule has 1 fully saturated rings.